The molecule has 69 heavy (non-hydrogen) atoms. The van der Waals surface area contributed by atoms with Gasteiger partial charge in [0, 0.05) is 52.4 Å². The van der Waals surface area contributed by atoms with E-state index >= 15 is 0 Å². The summed E-state index contributed by atoms with van der Waals surface area (Å²) in [6, 6.07) is 29.6. The van der Waals surface area contributed by atoms with E-state index in [0.29, 0.717) is 102 Å². The molecular formula is C52H65ClN8O8. The molecule has 2 aliphatic rings. The second-order valence-corrected chi connectivity index (χ2v) is 18.5. The lowest BCUT2D eigenvalue weighted by atomic mass is 10.2. The molecule has 2 saturated heterocycles. The first-order valence-corrected chi connectivity index (χ1v) is 24.0. The Balaban J connectivity index is 0.000000190. The van der Waals surface area contributed by atoms with Crippen LogP contribution in [0.4, 0.5) is 9.59 Å². The van der Waals surface area contributed by atoms with E-state index in [-0.39, 0.29) is 34.8 Å². The number of ether oxygens (including phenoxy) is 4. The summed E-state index contributed by atoms with van der Waals surface area (Å²) in [5.74, 6) is 2.55. The van der Waals surface area contributed by atoms with Crippen LogP contribution in [0.15, 0.2) is 107 Å². The minimum atomic E-state index is -0.521. The van der Waals surface area contributed by atoms with Gasteiger partial charge in [0.2, 0.25) is 0 Å². The predicted molar refractivity (Wildman–Crippen MR) is 270 cm³/mol. The third-order valence-corrected chi connectivity index (χ3v) is 11.0. The summed E-state index contributed by atoms with van der Waals surface area (Å²) >= 11 is 6.02. The van der Waals surface area contributed by atoms with Crippen LogP contribution in [0, 0.1) is 0 Å². The molecule has 1 N–H and O–H groups in total. The molecule has 6 aromatic rings. The van der Waals surface area contributed by atoms with E-state index in [0.717, 1.165) is 26.2 Å². The van der Waals surface area contributed by atoms with E-state index in [4.69, 9.17) is 35.5 Å². The Labute approximate surface area is 408 Å². The topological polar surface area (TPSA) is 163 Å². The highest BCUT2D eigenvalue weighted by molar-refractivity contribution is 6.16. The highest BCUT2D eigenvalue weighted by Crippen LogP contribution is 2.26. The number of hydrogen-bond donors (Lipinski definition) is 1. The van der Waals surface area contributed by atoms with Gasteiger partial charge >= 0.3 is 12.2 Å². The predicted octanol–water partition coefficient (Wildman–Crippen LogP) is 8.19. The standard InChI is InChI=1S/C26H32N4O4.C17H15ClN2O2.C9H18N2O2/c1-5-33-22-13-9-8-12-21(22)30-23(27-20-11-7-6-10-19(20)24(30)31)18-28-14-16-29(17-15-28)25(32)34-26(2,3)4;1-2-22-15-10-6-5-9-14(15)20-16(11-18)19-13-8-4-3-7-12(13)17(20)21;1-9(2,3)13-8(12)11-6-4-10-5-7-11/h6-13H,5,14-18H2,1-4H3;3-10H,2,11H2,1H3;10H,4-7H2,1-3H3. The Morgan fingerprint density at radius 3 is 1.43 bits per heavy atom. The second-order valence-electron chi connectivity index (χ2n) is 18.3. The number of nitrogens with zero attached hydrogens (tertiary/aromatic N) is 7. The Morgan fingerprint density at radius 2 is 0.986 bits per heavy atom. The normalized spacial score (nSPS) is 14.3. The molecule has 2 aromatic heterocycles. The van der Waals surface area contributed by atoms with Gasteiger partial charge in [-0.25, -0.2) is 19.6 Å². The summed E-state index contributed by atoms with van der Waals surface area (Å²) in [5.41, 5.74) is 1.47. The number of alkyl halides is 1. The Morgan fingerprint density at radius 1 is 0.580 bits per heavy atom. The Kier molecular flexibility index (Phi) is 17.8. The number of rotatable bonds is 9. The molecule has 0 radical (unpaired) electrons. The van der Waals surface area contributed by atoms with Crippen molar-refractivity contribution in [2.45, 2.75) is 79.0 Å². The molecule has 16 nitrogen and oxygen atoms in total. The highest BCUT2D eigenvalue weighted by atomic mass is 35.5. The fraction of sp³-hybridized carbons (Fsp3) is 0.423. The lowest BCUT2D eigenvalue weighted by Crippen LogP contribution is -2.50. The zero-order chi connectivity index (χ0) is 49.7. The average molecular weight is 966 g/mol. The van der Waals surface area contributed by atoms with Crippen molar-refractivity contribution in [1.29, 1.82) is 0 Å². The van der Waals surface area contributed by atoms with Crippen LogP contribution in [0.1, 0.15) is 67.0 Å². The van der Waals surface area contributed by atoms with Crippen molar-refractivity contribution in [3.8, 4) is 22.9 Å². The van der Waals surface area contributed by atoms with Crippen molar-refractivity contribution in [3.63, 3.8) is 0 Å². The number of benzene rings is 4. The van der Waals surface area contributed by atoms with E-state index in [2.05, 4.69) is 15.2 Å². The van der Waals surface area contributed by atoms with Crippen molar-refractivity contribution in [2.75, 3.05) is 65.6 Å². The zero-order valence-corrected chi connectivity index (χ0v) is 41.8. The monoisotopic (exact) mass is 964 g/mol. The van der Waals surface area contributed by atoms with E-state index in [1.54, 1.807) is 26.5 Å². The zero-order valence-electron chi connectivity index (χ0n) is 41.0. The van der Waals surface area contributed by atoms with Gasteiger partial charge in [0.25, 0.3) is 11.1 Å². The van der Waals surface area contributed by atoms with Gasteiger partial charge < -0.3 is 34.1 Å². The van der Waals surface area contributed by atoms with Gasteiger partial charge in [-0.1, -0.05) is 48.5 Å². The molecule has 8 rings (SSSR count). The van der Waals surface area contributed by atoms with Crippen molar-refractivity contribution in [2.24, 2.45) is 0 Å². The Hall–Kier alpha value is -6.49. The van der Waals surface area contributed by atoms with E-state index in [1.807, 2.05) is 140 Å². The summed E-state index contributed by atoms with van der Waals surface area (Å²) in [4.78, 5) is 65.4. The number of piperazine rings is 2. The number of hydrogen-bond acceptors (Lipinski definition) is 12. The van der Waals surface area contributed by atoms with Crippen LogP contribution >= 0.6 is 11.6 Å². The second kappa shape index (κ2) is 23.7. The lowest BCUT2D eigenvalue weighted by Gasteiger charge is -2.35. The van der Waals surface area contributed by atoms with Gasteiger partial charge in [-0.3, -0.25) is 23.6 Å². The maximum atomic E-state index is 13.6. The number of aromatic nitrogens is 4. The molecule has 2 fully saturated rings. The SMILES string of the molecule is CC(C)(C)OC(=O)N1CCNCC1.CCOc1ccccc1-n1c(CCl)nc2ccccc2c1=O.CCOc1ccccc1-n1c(CN2CCN(C(=O)OC(C)(C)C)CC2)nc2ccccc2c1=O. The highest BCUT2D eigenvalue weighted by Gasteiger charge is 2.28. The number of carbonyl (C=O) groups excluding carboxylic acids is 2. The molecule has 0 unspecified atom stereocenters. The van der Waals surface area contributed by atoms with Crippen LogP contribution < -0.4 is 25.9 Å². The number of para-hydroxylation sites is 6. The maximum Gasteiger partial charge on any atom is 0.410 e. The summed E-state index contributed by atoms with van der Waals surface area (Å²) in [6.45, 7) is 22.2. The molecule has 2 aliphatic heterocycles. The average Bonchev–Trinajstić information content (AvgIpc) is 3.32. The summed E-state index contributed by atoms with van der Waals surface area (Å²) in [6.07, 6.45) is -0.493. The van der Waals surface area contributed by atoms with Gasteiger partial charge in [0.05, 0.1) is 58.8 Å². The van der Waals surface area contributed by atoms with E-state index < -0.39 is 5.60 Å². The first-order chi connectivity index (χ1) is 33.0. The van der Waals surface area contributed by atoms with Gasteiger partial charge in [-0.05, 0) is 104 Å². The smallest absolute Gasteiger partial charge is 0.410 e. The van der Waals surface area contributed by atoms with Gasteiger partial charge in [0.1, 0.15) is 34.3 Å². The van der Waals surface area contributed by atoms with Crippen LogP contribution in [0.5, 0.6) is 11.5 Å². The van der Waals surface area contributed by atoms with Gasteiger partial charge in [0.15, 0.2) is 0 Å². The fourth-order valence-electron chi connectivity index (χ4n) is 7.68. The van der Waals surface area contributed by atoms with Gasteiger partial charge in [-0.15, -0.1) is 11.6 Å². The molecule has 17 heteroatoms. The van der Waals surface area contributed by atoms with Gasteiger partial charge in [-0.2, -0.15) is 0 Å². The molecule has 0 spiro atoms. The van der Waals surface area contributed by atoms with Crippen molar-refractivity contribution < 1.29 is 28.5 Å². The summed E-state index contributed by atoms with van der Waals surface area (Å²) in [7, 11) is 0. The molecular weight excluding hydrogens is 900 g/mol. The number of halogens is 1. The van der Waals surface area contributed by atoms with Crippen LogP contribution in [-0.4, -0.2) is 123 Å². The maximum absolute atomic E-state index is 13.6. The molecule has 2 amide bonds. The van der Waals surface area contributed by atoms with Crippen molar-refractivity contribution in [3.05, 3.63) is 129 Å². The first-order valence-electron chi connectivity index (χ1n) is 23.4. The van der Waals surface area contributed by atoms with Crippen LogP contribution in [-0.2, 0) is 21.9 Å². The molecule has 0 saturated carbocycles. The summed E-state index contributed by atoms with van der Waals surface area (Å²) in [5, 5.41) is 4.30. The minimum Gasteiger partial charge on any atom is -0.492 e. The third-order valence-electron chi connectivity index (χ3n) is 10.8. The molecule has 4 heterocycles. The number of amides is 2. The van der Waals surface area contributed by atoms with E-state index in [9.17, 15) is 19.2 Å². The largest absolute Gasteiger partial charge is 0.492 e. The molecule has 0 bridgehead atoms. The minimum absolute atomic E-state index is 0.125. The third kappa shape index (κ3) is 13.8. The number of carbonyl (C=O) groups is 2. The molecule has 0 aliphatic carbocycles. The van der Waals surface area contributed by atoms with Crippen LogP contribution in [0.3, 0.4) is 0 Å². The summed E-state index contributed by atoms with van der Waals surface area (Å²) < 4.78 is 25.4. The first kappa shape index (κ1) is 51.9. The lowest BCUT2D eigenvalue weighted by molar-refractivity contribution is 0.0135. The Bertz CT molecular complexity index is 2810. The fourth-order valence-corrected chi connectivity index (χ4v) is 7.86. The number of fused-ring (bicyclic) bond motifs is 2. The molecule has 4 aromatic carbocycles. The van der Waals surface area contributed by atoms with E-state index in [1.165, 1.54) is 4.57 Å². The van der Waals surface area contributed by atoms with Crippen LogP contribution in [0.25, 0.3) is 33.2 Å². The van der Waals surface area contributed by atoms with Crippen molar-refractivity contribution >= 4 is 45.6 Å². The molecule has 368 valence electrons. The van der Waals surface area contributed by atoms with Crippen LogP contribution in [0.2, 0.25) is 0 Å². The molecule has 0 atom stereocenters. The quantitative estimate of drug-likeness (QED) is 0.139. The number of nitrogens with one attached hydrogen (secondary N) is 1. The van der Waals surface area contributed by atoms with Crippen molar-refractivity contribution in [1.82, 2.24) is 39.1 Å².